The van der Waals surface area contributed by atoms with Crippen molar-refractivity contribution in [2.75, 3.05) is 0 Å². The summed E-state index contributed by atoms with van der Waals surface area (Å²) in [5.74, 6) is -1.23. The molecule has 24 heavy (non-hydrogen) atoms. The molecule has 0 aliphatic carbocycles. The van der Waals surface area contributed by atoms with Crippen LogP contribution in [0.4, 0.5) is 0 Å². The van der Waals surface area contributed by atoms with Crippen molar-refractivity contribution in [1.82, 2.24) is 0 Å². The Bertz CT molecular complexity index is 772. The van der Waals surface area contributed by atoms with Gasteiger partial charge in [0.05, 0.1) is 0 Å². The van der Waals surface area contributed by atoms with E-state index in [1.165, 1.54) is 6.07 Å². The molecule has 5 nitrogen and oxygen atoms in total. The second-order valence-electron chi connectivity index (χ2n) is 6.85. The largest absolute Gasteiger partial charge is 0.507 e. The SMILES string of the molecule is Cc1cc(COc2ccc(C(C)(C)C)cc2O)c(O)c(C(=O)O)c1. The number of aromatic hydroxyl groups is 2. The Labute approximate surface area is 141 Å². The van der Waals surface area contributed by atoms with E-state index in [1.54, 1.807) is 25.1 Å². The molecule has 0 saturated heterocycles. The maximum atomic E-state index is 11.1. The molecule has 0 atom stereocenters. The van der Waals surface area contributed by atoms with Gasteiger partial charge in [0.2, 0.25) is 0 Å². The van der Waals surface area contributed by atoms with Crippen LogP contribution in [0.15, 0.2) is 30.3 Å². The van der Waals surface area contributed by atoms with Gasteiger partial charge in [-0.2, -0.15) is 0 Å². The molecule has 2 aromatic rings. The van der Waals surface area contributed by atoms with Crippen LogP contribution in [0.5, 0.6) is 17.2 Å². The smallest absolute Gasteiger partial charge is 0.339 e. The Morgan fingerprint density at radius 3 is 2.33 bits per heavy atom. The van der Waals surface area contributed by atoms with Gasteiger partial charge in [-0.3, -0.25) is 0 Å². The summed E-state index contributed by atoms with van der Waals surface area (Å²) in [7, 11) is 0. The summed E-state index contributed by atoms with van der Waals surface area (Å²) in [6.07, 6.45) is 0. The zero-order valence-electron chi connectivity index (χ0n) is 14.3. The first-order valence-electron chi connectivity index (χ1n) is 7.61. The van der Waals surface area contributed by atoms with Crippen molar-refractivity contribution in [3.8, 4) is 17.2 Å². The number of hydrogen-bond donors (Lipinski definition) is 3. The van der Waals surface area contributed by atoms with Crippen molar-refractivity contribution in [3.05, 3.63) is 52.6 Å². The molecule has 5 heteroatoms. The van der Waals surface area contributed by atoms with E-state index in [-0.39, 0.29) is 34.8 Å². The Morgan fingerprint density at radius 2 is 1.79 bits per heavy atom. The molecule has 128 valence electrons. The minimum atomic E-state index is -1.20. The summed E-state index contributed by atoms with van der Waals surface area (Å²) < 4.78 is 5.56. The molecular weight excluding hydrogens is 308 g/mol. The molecule has 0 unspecified atom stereocenters. The van der Waals surface area contributed by atoms with E-state index in [0.29, 0.717) is 11.1 Å². The van der Waals surface area contributed by atoms with Crippen LogP contribution in [-0.4, -0.2) is 21.3 Å². The van der Waals surface area contributed by atoms with Gasteiger partial charge in [-0.1, -0.05) is 26.8 Å². The molecule has 0 aliphatic rings. The minimum absolute atomic E-state index is 0.00743. The fraction of sp³-hybridized carbons (Fsp3) is 0.316. The third-order valence-corrected chi connectivity index (χ3v) is 3.77. The third kappa shape index (κ3) is 3.79. The monoisotopic (exact) mass is 330 g/mol. The van der Waals surface area contributed by atoms with Gasteiger partial charge in [0.15, 0.2) is 11.5 Å². The van der Waals surface area contributed by atoms with Crippen molar-refractivity contribution in [2.45, 2.75) is 39.7 Å². The molecule has 0 heterocycles. The number of hydrogen-bond acceptors (Lipinski definition) is 4. The van der Waals surface area contributed by atoms with E-state index in [1.807, 2.05) is 26.8 Å². The van der Waals surface area contributed by atoms with Crippen LogP contribution in [0.3, 0.4) is 0 Å². The molecule has 0 aliphatic heterocycles. The lowest BCUT2D eigenvalue weighted by Crippen LogP contribution is -2.10. The Hall–Kier alpha value is -2.69. The Kier molecular flexibility index (Phi) is 4.73. The molecule has 2 aromatic carbocycles. The van der Waals surface area contributed by atoms with Gasteiger partial charge in [-0.05, 0) is 47.7 Å². The van der Waals surface area contributed by atoms with Gasteiger partial charge in [-0.25, -0.2) is 4.79 Å². The number of phenolic OH excluding ortho intramolecular Hbond substituents is 1. The number of carboxylic acid groups (broad SMARTS) is 1. The fourth-order valence-corrected chi connectivity index (χ4v) is 2.39. The van der Waals surface area contributed by atoms with Crippen LogP contribution in [0, 0.1) is 6.92 Å². The first kappa shape index (κ1) is 17.7. The number of carboxylic acids is 1. The summed E-state index contributed by atoms with van der Waals surface area (Å²) >= 11 is 0. The first-order valence-corrected chi connectivity index (χ1v) is 7.61. The van der Waals surface area contributed by atoms with E-state index in [9.17, 15) is 15.0 Å². The summed E-state index contributed by atoms with van der Waals surface area (Å²) in [6.45, 7) is 7.82. The Morgan fingerprint density at radius 1 is 1.12 bits per heavy atom. The molecule has 0 spiro atoms. The quantitative estimate of drug-likeness (QED) is 0.789. The van der Waals surface area contributed by atoms with Crippen molar-refractivity contribution < 1.29 is 24.9 Å². The van der Waals surface area contributed by atoms with Crippen LogP contribution in [0.1, 0.15) is 47.8 Å². The van der Waals surface area contributed by atoms with Crippen molar-refractivity contribution in [1.29, 1.82) is 0 Å². The lowest BCUT2D eigenvalue weighted by molar-refractivity contribution is 0.0693. The fourth-order valence-electron chi connectivity index (χ4n) is 2.39. The average molecular weight is 330 g/mol. The van der Waals surface area contributed by atoms with Crippen LogP contribution in [0.25, 0.3) is 0 Å². The molecule has 0 aromatic heterocycles. The lowest BCUT2D eigenvalue weighted by atomic mass is 9.87. The minimum Gasteiger partial charge on any atom is -0.507 e. The summed E-state index contributed by atoms with van der Waals surface area (Å²) in [5.41, 5.74) is 1.77. The van der Waals surface area contributed by atoms with Crippen LogP contribution in [-0.2, 0) is 12.0 Å². The lowest BCUT2D eigenvalue weighted by Gasteiger charge is -2.20. The predicted octanol–water partition coefficient (Wildman–Crippen LogP) is 3.98. The highest BCUT2D eigenvalue weighted by molar-refractivity contribution is 5.91. The number of carbonyl (C=O) groups is 1. The van der Waals surface area contributed by atoms with Crippen molar-refractivity contribution in [3.63, 3.8) is 0 Å². The van der Waals surface area contributed by atoms with E-state index < -0.39 is 5.97 Å². The van der Waals surface area contributed by atoms with E-state index in [2.05, 4.69) is 0 Å². The highest BCUT2D eigenvalue weighted by atomic mass is 16.5. The number of rotatable bonds is 4. The average Bonchev–Trinajstić information content (AvgIpc) is 2.47. The van der Waals surface area contributed by atoms with E-state index in [4.69, 9.17) is 9.84 Å². The summed E-state index contributed by atoms with van der Waals surface area (Å²) in [4.78, 5) is 11.1. The van der Waals surface area contributed by atoms with Gasteiger partial charge in [0, 0.05) is 5.56 Å². The number of ether oxygens (including phenoxy) is 1. The number of benzene rings is 2. The van der Waals surface area contributed by atoms with Crippen molar-refractivity contribution in [2.24, 2.45) is 0 Å². The second kappa shape index (κ2) is 6.43. The van der Waals surface area contributed by atoms with Gasteiger partial charge >= 0.3 is 5.97 Å². The predicted molar refractivity (Wildman–Crippen MR) is 90.9 cm³/mol. The zero-order valence-corrected chi connectivity index (χ0v) is 14.3. The summed E-state index contributed by atoms with van der Waals surface area (Å²) in [6, 6.07) is 8.24. The molecule has 0 saturated carbocycles. The molecule has 0 bridgehead atoms. The van der Waals surface area contributed by atoms with Crippen LogP contribution in [0.2, 0.25) is 0 Å². The van der Waals surface area contributed by atoms with E-state index >= 15 is 0 Å². The van der Waals surface area contributed by atoms with Gasteiger partial charge < -0.3 is 20.1 Å². The van der Waals surface area contributed by atoms with Crippen LogP contribution < -0.4 is 4.74 Å². The zero-order chi connectivity index (χ0) is 18.1. The number of phenols is 2. The van der Waals surface area contributed by atoms with Gasteiger partial charge in [-0.15, -0.1) is 0 Å². The van der Waals surface area contributed by atoms with Gasteiger partial charge in [0.1, 0.15) is 17.9 Å². The maximum Gasteiger partial charge on any atom is 0.339 e. The topological polar surface area (TPSA) is 87.0 Å². The molecule has 0 radical (unpaired) electrons. The molecule has 2 rings (SSSR count). The highest BCUT2D eigenvalue weighted by Gasteiger charge is 2.17. The van der Waals surface area contributed by atoms with Crippen molar-refractivity contribution >= 4 is 5.97 Å². The van der Waals surface area contributed by atoms with E-state index in [0.717, 1.165) is 5.56 Å². The summed E-state index contributed by atoms with van der Waals surface area (Å²) in [5, 5.41) is 29.3. The third-order valence-electron chi connectivity index (χ3n) is 3.77. The highest BCUT2D eigenvalue weighted by Crippen LogP contribution is 2.33. The molecule has 0 fully saturated rings. The Balaban J connectivity index is 2.24. The number of aryl methyl sites for hydroxylation is 1. The maximum absolute atomic E-state index is 11.1. The molecular formula is C19H22O5. The first-order chi connectivity index (χ1) is 11.1. The van der Waals surface area contributed by atoms with Crippen LogP contribution >= 0.6 is 0 Å². The number of aromatic carboxylic acids is 1. The molecule has 0 amide bonds. The second-order valence-corrected chi connectivity index (χ2v) is 6.85. The van der Waals surface area contributed by atoms with Gasteiger partial charge in [0.25, 0.3) is 0 Å². The standard InChI is InChI=1S/C19H22O5/c1-11-7-12(17(21)14(8-11)18(22)23)10-24-16-6-5-13(9-15(16)20)19(2,3)4/h5-9,20-21H,10H2,1-4H3,(H,22,23). The normalized spacial score (nSPS) is 11.3. The molecule has 3 N–H and O–H groups in total.